The quantitative estimate of drug-likeness (QED) is 0.797. The molecule has 1 aromatic heterocycles. The normalized spacial score (nSPS) is 9.92. The molecule has 6 heteroatoms. The SMILES string of the molecule is NC(=O)CCc1nc(Br)cnc1N. The highest BCUT2D eigenvalue weighted by Gasteiger charge is 2.04. The van der Waals surface area contributed by atoms with Gasteiger partial charge < -0.3 is 11.5 Å². The number of carbonyl (C=O) groups excluding carboxylic acids is 1. The highest BCUT2D eigenvalue weighted by molar-refractivity contribution is 9.10. The Balaban J connectivity index is 2.75. The molecular formula is C7H9BrN4O. The number of carbonyl (C=O) groups is 1. The van der Waals surface area contributed by atoms with E-state index >= 15 is 0 Å². The van der Waals surface area contributed by atoms with Crippen LogP contribution in [0.3, 0.4) is 0 Å². The Labute approximate surface area is 83.7 Å². The Bertz CT molecular complexity index is 328. The summed E-state index contributed by atoms with van der Waals surface area (Å²) in [7, 11) is 0. The van der Waals surface area contributed by atoms with Crippen molar-refractivity contribution in [3.63, 3.8) is 0 Å². The third-order valence-corrected chi connectivity index (χ3v) is 1.84. The summed E-state index contributed by atoms with van der Waals surface area (Å²) in [4.78, 5) is 18.4. The van der Waals surface area contributed by atoms with Gasteiger partial charge in [0.2, 0.25) is 5.91 Å². The van der Waals surface area contributed by atoms with Gasteiger partial charge in [-0.25, -0.2) is 9.97 Å². The molecule has 0 saturated heterocycles. The van der Waals surface area contributed by atoms with Crippen molar-refractivity contribution in [2.24, 2.45) is 5.73 Å². The van der Waals surface area contributed by atoms with Crippen LogP contribution in [0.25, 0.3) is 0 Å². The summed E-state index contributed by atoms with van der Waals surface area (Å²) in [5.74, 6) is -0.0365. The van der Waals surface area contributed by atoms with Gasteiger partial charge in [-0.2, -0.15) is 0 Å². The first-order valence-electron chi connectivity index (χ1n) is 3.65. The highest BCUT2D eigenvalue weighted by atomic mass is 79.9. The van der Waals surface area contributed by atoms with Crippen LogP contribution in [0.5, 0.6) is 0 Å². The number of nitrogens with zero attached hydrogens (tertiary/aromatic N) is 2. The maximum Gasteiger partial charge on any atom is 0.217 e. The van der Waals surface area contributed by atoms with E-state index in [0.29, 0.717) is 22.5 Å². The first kappa shape index (κ1) is 9.91. The Morgan fingerprint density at radius 2 is 2.31 bits per heavy atom. The molecule has 0 spiro atoms. The van der Waals surface area contributed by atoms with Gasteiger partial charge in [0.25, 0.3) is 0 Å². The minimum absolute atomic E-state index is 0.231. The molecule has 1 heterocycles. The highest BCUT2D eigenvalue weighted by Crippen LogP contribution is 2.11. The zero-order chi connectivity index (χ0) is 9.84. The topological polar surface area (TPSA) is 94.9 Å². The Morgan fingerprint density at radius 3 is 2.92 bits per heavy atom. The number of rotatable bonds is 3. The third kappa shape index (κ3) is 2.98. The van der Waals surface area contributed by atoms with Gasteiger partial charge in [0.05, 0.1) is 11.9 Å². The number of primary amides is 1. The first-order chi connectivity index (χ1) is 6.09. The third-order valence-electron chi connectivity index (χ3n) is 1.46. The van der Waals surface area contributed by atoms with Crippen LogP contribution in [0, 0.1) is 0 Å². The van der Waals surface area contributed by atoms with Crippen molar-refractivity contribution in [3.8, 4) is 0 Å². The molecule has 1 aromatic rings. The second-order valence-corrected chi connectivity index (χ2v) is 3.30. The number of aryl methyl sites for hydroxylation is 1. The molecule has 70 valence electrons. The lowest BCUT2D eigenvalue weighted by Crippen LogP contribution is -2.12. The molecule has 0 saturated carbocycles. The fraction of sp³-hybridized carbons (Fsp3) is 0.286. The number of aromatic nitrogens is 2. The van der Waals surface area contributed by atoms with Gasteiger partial charge >= 0.3 is 0 Å². The van der Waals surface area contributed by atoms with Crippen molar-refractivity contribution in [1.29, 1.82) is 0 Å². The molecule has 0 aliphatic heterocycles. The number of nitrogen functional groups attached to an aromatic ring is 1. The number of nitrogens with two attached hydrogens (primary N) is 2. The average Bonchev–Trinajstić information content (AvgIpc) is 2.06. The van der Waals surface area contributed by atoms with Gasteiger partial charge in [-0.15, -0.1) is 0 Å². The zero-order valence-electron chi connectivity index (χ0n) is 6.83. The van der Waals surface area contributed by atoms with E-state index in [1.807, 2.05) is 0 Å². The van der Waals surface area contributed by atoms with E-state index in [1.54, 1.807) is 0 Å². The largest absolute Gasteiger partial charge is 0.382 e. The van der Waals surface area contributed by atoms with Gasteiger partial charge in [0, 0.05) is 12.8 Å². The molecular weight excluding hydrogens is 236 g/mol. The Morgan fingerprint density at radius 1 is 1.62 bits per heavy atom. The fourth-order valence-electron chi connectivity index (χ4n) is 0.838. The molecule has 0 unspecified atom stereocenters. The van der Waals surface area contributed by atoms with Crippen LogP contribution in [0.2, 0.25) is 0 Å². The second-order valence-electron chi connectivity index (χ2n) is 2.49. The summed E-state index contributed by atoms with van der Waals surface area (Å²) in [6, 6.07) is 0. The summed E-state index contributed by atoms with van der Waals surface area (Å²) in [6.07, 6.45) is 2.16. The number of hydrogen-bond acceptors (Lipinski definition) is 4. The number of halogens is 1. The van der Waals surface area contributed by atoms with E-state index in [-0.39, 0.29) is 12.3 Å². The van der Waals surface area contributed by atoms with Crippen molar-refractivity contribution in [2.45, 2.75) is 12.8 Å². The first-order valence-corrected chi connectivity index (χ1v) is 4.44. The molecule has 0 aliphatic carbocycles. The molecule has 0 aliphatic rings. The monoisotopic (exact) mass is 244 g/mol. The summed E-state index contributed by atoms with van der Waals surface area (Å²) >= 11 is 3.16. The average molecular weight is 245 g/mol. The summed E-state index contributed by atoms with van der Waals surface area (Å²) < 4.78 is 0.598. The van der Waals surface area contributed by atoms with Gasteiger partial charge in [-0.05, 0) is 15.9 Å². The zero-order valence-corrected chi connectivity index (χ0v) is 8.41. The second kappa shape index (κ2) is 4.18. The van der Waals surface area contributed by atoms with E-state index < -0.39 is 0 Å². The van der Waals surface area contributed by atoms with Gasteiger partial charge in [-0.3, -0.25) is 4.79 Å². The van der Waals surface area contributed by atoms with Crippen molar-refractivity contribution >= 4 is 27.7 Å². The van der Waals surface area contributed by atoms with Crippen molar-refractivity contribution < 1.29 is 4.79 Å². The molecule has 0 aromatic carbocycles. The van der Waals surface area contributed by atoms with Crippen molar-refractivity contribution in [2.75, 3.05) is 5.73 Å². The van der Waals surface area contributed by atoms with Crippen LogP contribution < -0.4 is 11.5 Å². The van der Waals surface area contributed by atoms with Crippen LogP contribution in [0.15, 0.2) is 10.8 Å². The minimum Gasteiger partial charge on any atom is -0.382 e. The van der Waals surface area contributed by atoms with Crippen LogP contribution in [-0.2, 0) is 11.2 Å². The molecule has 0 atom stereocenters. The lowest BCUT2D eigenvalue weighted by molar-refractivity contribution is -0.118. The maximum absolute atomic E-state index is 10.5. The predicted molar refractivity (Wildman–Crippen MR) is 51.7 cm³/mol. The Hall–Kier alpha value is -1.17. The molecule has 1 amide bonds. The maximum atomic E-state index is 10.5. The van der Waals surface area contributed by atoms with E-state index in [4.69, 9.17) is 11.5 Å². The van der Waals surface area contributed by atoms with E-state index in [1.165, 1.54) is 6.20 Å². The number of anilines is 1. The molecule has 0 bridgehead atoms. The lowest BCUT2D eigenvalue weighted by Gasteiger charge is -2.01. The Kier molecular flexibility index (Phi) is 3.18. The number of amides is 1. The fourth-order valence-corrected chi connectivity index (χ4v) is 1.15. The van der Waals surface area contributed by atoms with Crippen LogP contribution in [0.4, 0.5) is 5.82 Å². The van der Waals surface area contributed by atoms with Crippen molar-refractivity contribution in [1.82, 2.24) is 9.97 Å². The minimum atomic E-state index is -0.374. The van der Waals surface area contributed by atoms with Crippen LogP contribution in [-0.4, -0.2) is 15.9 Å². The molecule has 13 heavy (non-hydrogen) atoms. The lowest BCUT2D eigenvalue weighted by atomic mass is 10.2. The smallest absolute Gasteiger partial charge is 0.217 e. The molecule has 4 N–H and O–H groups in total. The van der Waals surface area contributed by atoms with Gasteiger partial charge in [0.1, 0.15) is 10.4 Å². The molecule has 0 radical (unpaired) electrons. The predicted octanol–water partition coefficient (Wildman–Crippen LogP) is 0.239. The van der Waals surface area contributed by atoms with E-state index in [0.717, 1.165) is 0 Å². The molecule has 1 rings (SSSR count). The molecule has 0 fully saturated rings. The summed E-state index contributed by atoms with van der Waals surface area (Å²) in [6.45, 7) is 0. The van der Waals surface area contributed by atoms with Crippen LogP contribution in [0.1, 0.15) is 12.1 Å². The van der Waals surface area contributed by atoms with Gasteiger partial charge in [-0.1, -0.05) is 0 Å². The summed E-state index contributed by atoms with van der Waals surface area (Å²) in [5, 5.41) is 0. The van der Waals surface area contributed by atoms with Crippen molar-refractivity contribution in [3.05, 3.63) is 16.5 Å². The van der Waals surface area contributed by atoms with Gasteiger partial charge in [0.15, 0.2) is 0 Å². The summed E-state index contributed by atoms with van der Waals surface area (Å²) in [5.41, 5.74) is 11.1. The number of hydrogen-bond donors (Lipinski definition) is 2. The van der Waals surface area contributed by atoms with E-state index in [2.05, 4.69) is 25.9 Å². The van der Waals surface area contributed by atoms with Crippen LogP contribution >= 0.6 is 15.9 Å². The molecule has 5 nitrogen and oxygen atoms in total. The van der Waals surface area contributed by atoms with E-state index in [9.17, 15) is 4.79 Å². The standard InChI is InChI=1S/C7H9BrN4O/c8-5-3-11-7(10)4(12-5)1-2-6(9)13/h3H,1-2H2,(H2,9,13)(H2,10,11).